The third kappa shape index (κ3) is 4.62. The molecule has 5 rings (SSSR count). The van der Waals surface area contributed by atoms with Crippen LogP contribution in [-0.2, 0) is 6.18 Å². The molecule has 176 valence electrons. The number of carbonyl (C=O) groups excluding carboxylic acids is 1. The summed E-state index contributed by atoms with van der Waals surface area (Å²) in [5.41, 5.74) is 2.03. The number of halogens is 3. The van der Waals surface area contributed by atoms with Crippen molar-refractivity contribution in [3.8, 4) is 17.0 Å². The van der Waals surface area contributed by atoms with Gasteiger partial charge < -0.3 is 9.64 Å². The summed E-state index contributed by atoms with van der Waals surface area (Å²) in [5.74, 6) is 0.991. The highest BCUT2D eigenvalue weighted by atomic mass is 19.4. The Hall–Kier alpha value is -3.42. The number of aromatic nitrogens is 2. The fourth-order valence-corrected chi connectivity index (χ4v) is 4.63. The number of likely N-dealkylation sites (tertiary alicyclic amines) is 1. The third-order valence-electron chi connectivity index (χ3n) is 6.59. The molecule has 3 atom stereocenters. The standard InChI is InChI=1S/C26H24F3N3O2/c1-16-7-9-22(17-5-3-2-4-6-17)24(31-16)25(33)32-14-19-11-18(19)12-21(32)15-34-23-10-8-20(13-30-23)26(27,28)29/h2-10,13,18-19,21H,11-12,14-15H2,1H3. The van der Waals surface area contributed by atoms with E-state index in [-0.39, 0.29) is 24.4 Å². The predicted octanol–water partition coefficient (Wildman–Crippen LogP) is 5.40. The highest BCUT2D eigenvalue weighted by molar-refractivity contribution is 5.99. The zero-order valence-corrected chi connectivity index (χ0v) is 18.6. The Bertz CT molecular complexity index is 1180. The average Bonchev–Trinajstić information content (AvgIpc) is 3.60. The van der Waals surface area contributed by atoms with Crippen LogP contribution in [0, 0.1) is 18.8 Å². The molecular weight excluding hydrogens is 443 g/mol. The van der Waals surface area contributed by atoms with Crippen molar-refractivity contribution in [1.29, 1.82) is 0 Å². The quantitative estimate of drug-likeness (QED) is 0.504. The number of nitrogens with zero attached hydrogens (tertiary/aromatic N) is 3. The number of carbonyl (C=O) groups is 1. The van der Waals surface area contributed by atoms with Crippen LogP contribution in [0.25, 0.3) is 11.1 Å². The minimum absolute atomic E-state index is 0.108. The molecule has 3 unspecified atom stereocenters. The molecule has 0 N–H and O–H groups in total. The number of hydrogen-bond acceptors (Lipinski definition) is 4. The zero-order valence-electron chi connectivity index (χ0n) is 18.6. The number of amides is 1. The molecule has 8 heteroatoms. The Kier molecular flexibility index (Phi) is 5.75. The molecule has 2 aliphatic rings. The minimum Gasteiger partial charge on any atom is -0.475 e. The molecule has 1 aliphatic heterocycles. The molecule has 0 radical (unpaired) electrons. The average molecular weight is 467 g/mol. The van der Waals surface area contributed by atoms with Crippen LogP contribution in [0.4, 0.5) is 13.2 Å². The van der Waals surface area contributed by atoms with E-state index in [2.05, 4.69) is 9.97 Å². The first-order valence-corrected chi connectivity index (χ1v) is 11.3. The highest BCUT2D eigenvalue weighted by Crippen LogP contribution is 2.47. The van der Waals surface area contributed by atoms with Crippen LogP contribution in [0.1, 0.15) is 34.6 Å². The maximum Gasteiger partial charge on any atom is 0.417 e. The molecule has 34 heavy (non-hydrogen) atoms. The maximum absolute atomic E-state index is 13.8. The SMILES string of the molecule is Cc1ccc(-c2ccccc2)c(C(=O)N2CC3CC3CC2COc2ccc(C(F)(F)F)cn2)n1. The smallest absolute Gasteiger partial charge is 0.417 e. The molecule has 1 saturated carbocycles. The van der Waals surface area contributed by atoms with E-state index in [4.69, 9.17) is 4.74 Å². The summed E-state index contributed by atoms with van der Waals surface area (Å²) in [4.78, 5) is 24.0. The van der Waals surface area contributed by atoms with Crippen LogP contribution in [0.5, 0.6) is 5.88 Å². The first-order chi connectivity index (χ1) is 16.3. The van der Waals surface area contributed by atoms with Gasteiger partial charge in [0.25, 0.3) is 5.91 Å². The number of rotatable bonds is 5. The summed E-state index contributed by atoms with van der Waals surface area (Å²) in [6.07, 6.45) is -1.82. The van der Waals surface area contributed by atoms with Gasteiger partial charge in [0.1, 0.15) is 12.3 Å². The summed E-state index contributed by atoms with van der Waals surface area (Å²) < 4.78 is 44.1. The Balaban J connectivity index is 1.37. The van der Waals surface area contributed by atoms with Crippen molar-refractivity contribution in [2.75, 3.05) is 13.2 Å². The van der Waals surface area contributed by atoms with Crippen LogP contribution in [0.15, 0.2) is 60.8 Å². The van der Waals surface area contributed by atoms with Gasteiger partial charge in [-0.15, -0.1) is 0 Å². The third-order valence-corrected chi connectivity index (χ3v) is 6.59. The summed E-state index contributed by atoms with van der Waals surface area (Å²) in [6, 6.07) is 15.5. The van der Waals surface area contributed by atoms with Crippen LogP contribution < -0.4 is 4.74 Å². The fraction of sp³-hybridized carbons (Fsp3) is 0.346. The lowest BCUT2D eigenvalue weighted by molar-refractivity contribution is -0.137. The molecule has 2 aromatic heterocycles. The van der Waals surface area contributed by atoms with Crippen molar-refractivity contribution >= 4 is 5.91 Å². The first-order valence-electron chi connectivity index (χ1n) is 11.3. The number of ether oxygens (including phenoxy) is 1. The Morgan fingerprint density at radius 3 is 2.56 bits per heavy atom. The lowest BCUT2D eigenvalue weighted by Crippen LogP contribution is -2.48. The summed E-state index contributed by atoms with van der Waals surface area (Å²) in [5, 5.41) is 0. The van der Waals surface area contributed by atoms with Gasteiger partial charge in [0.2, 0.25) is 5.88 Å². The number of aryl methyl sites for hydroxylation is 1. The lowest BCUT2D eigenvalue weighted by atomic mass is 9.99. The molecule has 1 amide bonds. The second-order valence-electron chi connectivity index (χ2n) is 9.01. The van der Waals surface area contributed by atoms with Gasteiger partial charge in [-0.1, -0.05) is 36.4 Å². The van der Waals surface area contributed by atoms with Crippen molar-refractivity contribution < 1.29 is 22.7 Å². The number of fused-ring (bicyclic) bond motifs is 1. The van der Waals surface area contributed by atoms with E-state index in [1.807, 2.05) is 54.3 Å². The topological polar surface area (TPSA) is 55.3 Å². The second kappa shape index (κ2) is 8.74. The number of hydrogen-bond donors (Lipinski definition) is 0. The minimum atomic E-state index is -4.45. The maximum atomic E-state index is 13.8. The van der Waals surface area contributed by atoms with Gasteiger partial charge in [-0.25, -0.2) is 9.97 Å². The molecule has 0 bridgehead atoms. The number of benzene rings is 1. The summed E-state index contributed by atoms with van der Waals surface area (Å²) in [6.45, 7) is 2.65. The van der Waals surface area contributed by atoms with E-state index >= 15 is 0 Å². The van der Waals surface area contributed by atoms with Crippen LogP contribution in [0.3, 0.4) is 0 Å². The van der Waals surface area contributed by atoms with E-state index in [1.54, 1.807) is 0 Å². The zero-order chi connectivity index (χ0) is 23.9. The second-order valence-corrected chi connectivity index (χ2v) is 9.01. The highest BCUT2D eigenvalue weighted by Gasteiger charge is 2.47. The van der Waals surface area contributed by atoms with Gasteiger partial charge in [0.05, 0.1) is 11.6 Å². The van der Waals surface area contributed by atoms with Gasteiger partial charge >= 0.3 is 6.18 Å². The normalized spacial score (nSPS) is 21.6. The van der Waals surface area contributed by atoms with Crippen molar-refractivity contribution in [2.45, 2.75) is 32.0 Å². The van der Waals surface area contributed by atoms with Crippen LogP contribution >= 0.6 is 0 Å². The molecule has 1 aliphatic carbocycles. The molecule has 1 saturated heterocycles. The summed E-state index contributed by atoms with van der Waals surface area (Å²) >= 11 is 0. The van der Waals surface area contributed by atoms with Gasteiger partial charge in [-0.3, -0.25) is 4.79 Å². The predicted molar refractivity (Wildman–Crippen MR) is 120 cm³/mol. The molecule has 3 aromatic rings. The van der Waals surface area contributed by atoms with Crippen LogP contribution in [-0.4, -0.2) is 40.0 Å². The fourth-order valence-electron chi connectivity index (χ4n) is 4.63. The summed E-state index contributed by atoms with van der Waals surface area (Å²) in [7, 11) is 0. The van der Waals surface area contributed by atoms with Gasteiger partial charge in [-0.05, 0) is 49.3 Å². The monoisotopic (exact) mass is 467 g/mol. The number of pyridine rings is 2. The Labute approximate surface area is 195 Å². The van der Waals surface area contributed by atoms with Crippen molar-refractivity contribution in [3.05, 3.63) is 77.7 Å². The van der Waals surface area contributed by atoms with Gasteiger partial charge in [-0.2, -0.15) is 13.2 Å². The molecule has 2 fully saturated rings. The number of alkyl halides is 3. The number of piperidine rings is 1. The van der Waals surface area contributed by atoms with E-state index in [9.17, 15) is 18.0 Å². The van der Waals surface area contributed by atoms with Crippen molar-refractivity contribution in [1.82, 2.24) is 14.9 Å². The van der Waals surface area contributed by atoms with Gasteiger partial charge in [0.15, 0.2) is 0 Å². The largest absolute Gasteiger partial charge is 0.475 e. The molecule has 3 heterocycles. The first kappa shape index (κ1) is 22.4. The molecule has 5 nitrogen and oxygen atoms in total. The van der Waals surface area contributed by atoms with E-state index in [1.165, 1.54) is 6.07 Å². The van der Waals surface area contributed by atoms with E-state index in [0.29, 0.717) is 24.1 Å². The van der Waals surface area contributed by atoms with E-state index < -0.39 is 11.7 Å². The lowest BCUT2D eigenvalue weighted by Gasteiger charge is -2.35. The van der Waals surface area contributed by atoms with E-state index in [0.717, 1.165) is 41.9 Å². The molecular formula is C26H24F3N3O2. The van der Waals surface area contributed by atoms with Crippen LogP contribution in [0.2, 0.25) is 0 Å². The molecule has 1 aromatic carbocycles. The van der Waals surface area contributed by atoms with Crippen molar-refractivity contribution in [3.63, 3.8) is 0 Å². The Morgan fingerprint density at radius 2 is 1.85 bits per heavy atom. The molecule has 0 spiro atoms. The van der Waals surface area contributed by atoms with Crippen molar-refractivity contribution in [2.24, 2.45) is 11.8 Å². The van der Waals surface area contributed by atoms with Gasteiger partial charge in [0, 0.05) is 30.1 Å². The Morgan fingerprint density at radius 1 is 1.06 bits per heavy atom.